The normalized spacial score (nSPS) is 30.0. The van der Waals surface area contributed by atoms with E-state index in [1.807, 2.05) is 17.0 Å². The summed E-state index contributed by atoms with van der Waals surface area (Å²) in [5.41, 5.74) is 7.08. The van der Waals surface area contributed by atoms with Crippen LogP contribution in [0, 0.1) is 11.8 Å². The highest BCUT2D eigenvalue weighted by atomic mass is 16.5. The molecule has 3 aliphatic rings. The number of amides is 1. The highest BCUT2D eigenvalue weighted by Crippen LogP contribution is 2.42. The number of hydrogen-bond donors (Lipinski definition) is 1. The first-order valence-electron chi connectivity index (χ1n) is 8.90. The number of carbonyl (C=O) groups is 1. The fourth-order valence-corrected chi connectivity index (χ4v) is 4.44. The van der Waals surface area contributed by atoms with Gasteiger partial charge in [0.25, 0.3) is 5.91 Å². The maximum Gasteiger partial charge on any atom is 0.260 e. The van der Waals surface area contributed by atoms with Crippen LogP contribution in [-0.2, 0) is 11.2 Å². The van der Waals surface area contributed by atoms with E-state index >= 15 is 0 Å². The molecule has 2 aliphatic heterocycles. The molecule has 1 amide bonds. The van der Waals surface area contributed by atoms with Gasteiger partial charge in [0.15, 0.2) is 18.1 Å². The van der Waals surface area contributed by atoms with Gasteiger partial charge < -0.3 is 20.1 Å². The van der Waals surface area contributed by atoms with Gasteiger partial charge in [-0.3, -0.25) is 4.79 Å². The molecule has 3 unspecified atom stereocenters. The van der Waals surface area contributed by atoms with Crippen LogP contribution in [0.25, 0.3) is 0 Å². The number of ether oxygens (including phenoxy) is 2. The van der Waals surface area contributed by atoms with Crippen molar-refractivity contribution in [3.8, 4) is 11.5 Å². The minimum atomic E-state index is -0.214. The van der Waals surface area contributed by atoms with E-state index in [-0.39, 0.29) is 24.2 Å². The number of likely N-dealkylation sites (tertiary alicyclic amines) is 1. The largest absolute Gasteiger partial charge is 0.483 e. The molecule has 0 aromatic heterocycles. The van der Waals surface area contributed by atoms with Crippen LogP contribution in [0.5, 0.6) is 11.5 Å². The van der Waals surface area contributed by atoms with Crippen molar-refractivity contribution in [3.05, 3.63) is 23.8 Å². The molecule has 2 heterocycles. The van der Waals surface area contributed by atoms with Gasteiger partial charge in [-0.05, 0) is 44.6 Å². The van der Waals surface area contributed by atoms with Crippen LogP contribution in [0.15, 0.2) is 18.2 Å². The number of benzene rings is 1. The lowest BCUT2D eigenvalue weighted by atomic mass is 9.98. The lowest BCUT2D eigenvalue weighted by molar-refractivity contribution is -0.132. The lowest BCUT2D eigenvalue weighted by Gasteiger charge is -2.20. The Bertz CT molecular complexity index is 658. The van der Waals surface area contributed by atoms with E-state index < -0.39 is 0 Å². The summed E-state index contributed by atoms with van der Waals surface area (Å²) in [6.45, 7) is 5.80. The van der Waals surface area contributed by atoms with Gasteiger partial charge in [-0.2, -0.15) is 0 Å². The predicted molar refractivity (Wildman–Crippen MR) is 91.1 cm³/mol. The second-order valence-corrected chi connectivity index (χ2v) is 8.04. The lowest BCUT2D eigenvalue weighted by Crippen LogP contribution is -2.36. The van der Waals surface area contributed by atoms with Crippen molar-refractivity contribution >= 4 is 5.91 Å². The van der Waals surface area contributed by atoms with Crippen molar-refractivity contribution in [2.24, 2.45) is 17.6 Å². The smallest absolute Gasteiger partial charge is 0.260 e. The molecule has 1 aromatic rings. The molecule has 5 nitrogen and oxygen atoms in total. The Morgan fingerprint density at radius 3 is 3.00 bits per heavy atom. The topological polar surface area (TPSA) is 64.8 Å². The van der Waals surface area contributed by atoms with Crippen LogP contribution in [-0.4, -0.2) is 42.1 Å². The van der Waals surface area contributed by atoms with Crippen LogP contribution in [0.4, 0.5) is 0 Å². The summed E-state index contributed by atoms with van der Waals surface area (Å²) in [6, 6.07) is 6.15. The number of rotatable bonds is 3. The summed E-state index contributed by atoms with van der Waals surface area (Å²) in [5.74, 6) is 2.55. The first kappa shape index (κ1) is 15.8. The van der Waals surface area contributed by atoms with Gasteiger partial charge in [0, 0.05) is 31.1 Å². The van der Waals surface area contributed by atoms with Crippen LogP contribution in [0.2, 0.25) is 0 Å². The Morgan fingerprint density at radius 2 is 2.21 bits per heavy atom. The average Bonchev–Trinajstić information content (AvgIpc) is 3.18. The highest BCUT2D eigenvalue weighted by molar-refractivity contribution is 5.78. The Balaban J connectivity index is 1.38. The number of fused-ring (bicyclic) bond motifs is 2. The minimum Gasteiger partial charge on any atom is -0.483 e. The number of hydrogen-bond acceptors (Lipinski definition) is 4. The summed E-state index contributed by atoms with van der Waals surface area (Å²) < 4.78 is 11.8. The number of nitrogens with zero attached hydrogens (tertiary/aromatic N) is 1. The van der Waals surface area contributed by atoms with E-state index in [1.165, 1.54) is 0 Å². The SMILES string of the molecule is CC1(C)Cc2cccc(OCC(=O)N3CC4CCC(N)C4C3)c2O1. The van der Waals surface area contributed by atoms with Crippen LogP contribution in [0.1, 0.15) is 32.3 Å². The molecule has 0 spiro atoms. The van der Waals surface area contributed by atoms with Gasteiger partial charge in [0.1, 0.15) is 5.60 Å². The molecule has 24 heavy (non-hydrogen) atoms. The van der Waals surface area contributed by atoms with Gasteiger partial charge in [-0.15, -0.1) is 0 Å². The Kier molecular flexibility index (Phi) is 3.71. The average molecular weight is 330 g/mol. The zero-order valence-corrected chi connectivity index (χ0v) is 14.5. The Hall–Kier alpha value is -1.75. The monoisotopic (exact) mass is 330 g/mol. The quantitative estimate of drug-likeness (QED) is 0.920. The molecule has 130 valence electrons. The fourth-order valence-electron chi connectivity index (χ4n) is 4.44. The second kappa shape index (κ2) is 5.66. The maximum absolute atomic E-state index is 12.5. The van der Waals surface area contributed by atoms with Crippen LogP contribution < -0.4 is 15.2 Å². The van der Waals surface area contributed by atoms with Gasteiger partial charge in [0.05, 0.1) is 0 Å². The summed E-state index contributed by atoms with van der Waals surface area (Å²) in [4.78, 5) is 14.4. The van der Waals surface area contributed by atoms with E-state index in [9.17, 15) is 4.79 Å². The maximum atomic E-state index is 12.5. The van der Waals surface area contributed by atoms with Gasteiger partial charge in [-0.25, -0.2) is 0 Å². The van der Waals surface area contributed by atoms with Gasteiger partial charge >= 0.3 is 0 Å². The molecule has 4 rings (SSSR count). The molecule has 1 saturated heterocycles. The first-order chi connectivity index (χ1) is 11.4. The summed E-state index contributed by atoms with van der Waals surface area (Å²) in [6.07, 6.45) is 3.10. The second-order valence-electron chi connectivity index (χ2n) is 8.04. The van der Waals surface area contributed by atoms with E-state index in [0.29, 0.717) is 17.6 Å². The van der Waals surface area contributed by atoms with Crippen molar-refractivity contribution < 1.29 is 14.3 Å². The Labute approximate surface area is 143 Å². The minimum absolute atomic E-state index is 0.0476. The predicted octanol–water partition coefficient (Wildman–Crippen LogP) is 1.97. The molecule has 1 aliphatic carbocycles. The molecular weight excluding hydrogens is 304 g/mol. The van der Waals surface area contributed by atoms with E-state index in [1.54, 1.807) is 0 Å². The number of para-hydroxylation sites is 1. The molecule has 5 heteroatoms. The summed E-state index contributed by atoms with van der Waals surface area (Å²) in [5, 5.41) is 0. The number of carbonyl (C=O) groups excluding carboxylic acids is 1. The van der Waals surface area contributed by atoms with Gasteiger partial charge in [-0.1, -0.05) is 12.1 Å². The zero-order valence-electron chi connectivity index (χ0n) is 14.5. The van der Waals surface area contributed by atoms with E-state index in [2.05, 4.69) is 19.9 Å². The molecule has 0 bridgehead atoms. The summed E-state index contributed by atoms with van der Waals surface area (Å²) in [7, 11) is 0. The van der Waals surface area contributed by atoms with Crippen LogP contribution in [0.3, 0.4) is 0 Å². The van der Waals surface area contributed by atoms with E-state index in [0.717, 1.165) is 43.7 Å². The summed E-state index contributed by atoms with van der Waals surface area (Å²) >= 11 is 0. The first-order valence-corrected chi connectivity index (χ1v) is 8.90. The van der Waals surface area contributed by atoms with Crippen molar-refractivity contribution in [1.82, 2.24) is 4.90 Å². The third kappa shape index (κ3) is 2.75. The van der Waals surface area contributed by atoms with Crippen molar-refractivity contribution in [2.75, 3.05) is 19.7 Å². The van der Waals surface area contributed by atoms with Gasteiger partial charge in [0.2, 0.25) is 0 Å². The molecule has 2 N–H and O–H groups in total. The van der Waals surface area contributed by atoms with Crippen LogP contribution >= 0.6 is 0 Å². The Morgan fingerprint density at radius 1 is 1.38 bits per heavy atom. The fraction of sp³-hybridized carbons (Fsp3) is 0.632. The highest BCUT2D eigenvalue weighted by Gasteiger charge is 2.42. The molecule has 0 radical (unpaired) electrons. The third-order valence-corrected chi connectivity index (χ3v) is 5.67. The molecule has 3 atom stereocenters. The molecule has 1 saturated carbocycles. The van der Waals surface area contributed by atoms with Crippen molar-refractivity contribution in [3.63, 3.8) is 0 Å². The zero-order chi connectivity index (χ0) is 16.9. The molecular formula is C19H26N2O3. The van der Waals surface area contributed by atoms with E-state index in [4.69, 9.17) is 15.2 Å². The molecule has 1 aromatic carbocycles. The van der Waals surface area contributed by atoms with Crippen molar-refractivity contribution in [1.29, 1.82) is 0 Å². The molecule has 2 fully saturated rings. The van der Waals surface area contributed by atoms with Crippen molar-refractivity contribution in [2.45, 2.75) is 44.8 Å². The standard InChI is InChI=1S/C19H26N2O3/c1-19(2)8-12-4-3-5-16(18(12)24-19)23-11-17(22)21-9-13-6-7-15(20)14(13)10-21/h3-5,13-15H,6-11,20H2,1-2H3. The third-order valence-electron chi connectivity index (χ3n) is 5.67. The number of nitrogens with two attached hydrogens (primary N) is 1.